The number of rotatable bonds is 3. The number of halogens is 1. The Labute approximate surface area is 150 Å². The van der Waals surface area contributed by atoms with Gasteiger partial charge in [0.05, 0.1) is 23.9 Å². The van der Waals surface area contributed by atoms with E-state index in [1.807, 2.05) is 42.5 Å². The molecule has 126 valence electrons. The molecule has 0 radical (unpaired) electrons. The van der Waals surface area contributed by atoms with Crippen molar-refractivity contribution in [2.75, 3.05) is 6.54 Å². The van der Waals surface area contributed by atoms with E-state index in [0.29, 0.717) is 29.4 Å². The van der Waals surface area contributed by atoms with Crippen molar-refractivity contribution in [3.63, 3.8) is 0 Å². The first-order valence-corrected chi connectivity index (χ1v) is 8.39. The highest BCUT2D eigenvalue weighted by atomic mass is 35.5. The number of carbonyl (C=O) groups is 2. The van der Waals surface area contributed by atoms with E-state index in [1.165, 1.54) is 0 Å². The molecule has 1 atom stereocenters. The number of carbonyl (C=O) groups excluding carboxylic acids is 2. The predicted molar refractivity (Wildman–Crippen MR) is 94.7 cm³/mol. The Bertz CT molecular complexity index is 862. The normalized spacial score (nSPS) is 19.6. The molecule has 2 N–H and O–H groups in total. The van der Waals surface area contributed by atoms with Crippen LogP contribution in [-0.2, 0) is 11.3 Å². The topological polar surface area (TPSA) is 61.4 Å². The minimum Gasteiger partial charge on any atom is -0.329 e. The summed E-state index contributed by atoms with van der Waals surface area (Å²) < 4.78 is 0. The summed E-state index contributed by atoms with van der Waals surface area (Å²) in [5.74, 6) is -0.0636. The van der Waals surface area contributed by atoms with Crippen LogP contribution in [0.2, 0.25) is 5.02 Å². The Morgan fingerprint density at radius 1 is 1.04 bits per heavy atom. The standard InChI is InChI=1S/C19H16ClN3O2/c20-14-8-6-13(7-9-14)17-16-15(21-19(25)22-17)11-23(18(16)24)10-12-4-2-1-3-5-12/h1-9,17H,10-11H2,(H2,21,22,25)/t17-/m1/s1. The largest absolute Gasteiger partial charge is 0.329 e. The van der Waals surface area contributed by atoms with Gasteiger partial charge in [-0.25, -0.2) is 4.79 Å². The Hall–Kier alpha value is -2.79. The zero-order valence-corrected chi connectivity index (χ0v) is 14.1. The third kappa shape index (κ3) is 2.98. The third-order valence-corrected chi connectivity index (χ3v) is 4.69. The van der Waals surface area contributed by atoms with Gasteiger partial charge in [0.1, 0.15) is 0 Å². The number of nitrogens with zero attached hydrogens (tertiary/aromatic N) is 1. The fraction of sp³-hybridized carbons (Fsp3) is 0.158. The van der Waals surface area contributed by atoms with Crippen LogP contribution in [0.25, 0.3) is 0 Å². The molecule has 6 heteroatoms. The molecule has 0 fully saturated rings. The molecule has 0 saturated heterocycles. The van der Waals surface area contributed by atoms with Gasteiger partial charge in [0, 0.05) is 11.6 Å². The van der Waals surface area contributed by atoms with Crippen LogP contribution in [0.5, 0.6) is 0 Å². The predicted octanol–water partition coefficient (Wildman–Crippen LogP) is 2.99. The SMILES string of the molecule is O=C1NC2=C(C(=O)N(Cc3ccccc3)C2)[C@@H](c2ccc(Cl)cc2)N1. The van der Waals surface area contributed by atoms with Crippen molar-refractivity contribution < 1.29 is 9.59 Å². The van der Waals surface area contributed by atoms with Gasteiger partial charge in [-0.05, 0) is 23.3 Å². The van der Waals surface area contributed by atoms with Crippen molar-refractivity contribution in [2.24, 2.45) is 0 Å². The van der Waals surface area contributed by atoms with E-state index in [0.717, 1.165) is 11.1 Å². The number of benzene rings is 2. The summed E-state index contributed by atoms with van der Waals surface area (Å²) in [7, 11) is 0. The monoisotopic (exact) mass is 353 g/mol. The fourth-order valence-electron chi connectivity index (χ4n) is 3.26. The van der Waals surface area contributed by atoms with Crippen LogP contribution in [0.3, 0.4) is 0 Å². The van der Waals surface area contributed by atoms with Crippen LogP contribution in [0.15, 0.2) is 65.9 Å². The second kappa shape index (κ2) is 6.26. The number of hydrogen-bond acceptors (Lipinski definition) is 2. The summed E-state index contributed by atoms with van der Waals surface area (Å²) in [6.45, 7) is 0.913. The molecule has 0 spiro atoms. The molecule has 0 bridgehead atoms. The Balaban J connectivity index is 1.63. The zero-order chi connectivity index (χ0) is 17.4. The maximum absolute atomic E-state index is 13.0. The Kier molecular flexibility index (Phi) is 3.93. The lowest BCUT2D eigenvalue weighted by molar-refractivity contribution is -0.126. The number of urea groups is 1. The minimum absolute atomic E-state index is 0.0636. The van der Waals surface area contributed by atoms with Crippen molar-refractivity contribution in [3.8, 4) is 0 Å². The van der Waals surface area contributed by atoms with Crippen molar-refractivity contribution in [1.82, 2.24) is 15.5 Å². The molecule has 4 rings (SSSR count). The molecule has 2 aliphatic heterocycles. The highest BCUT2D eigenvalue weighted by molar-refractivity contribution is 6.30. The van der Waals surface area contributed by atoms with Crippen LogP contribution in [-0.4, -0.2) is 23.4 Å². The molecule has 3 amide bonds. The first-order chi connectivity index (χ1) is 12.1. The van der Waals surface area contributed by atoms with Crippen LogP contribution < -0.4 is 10.6 Å². The van der Waals surface area contributed by atoms with E-state index in [2.05, 4.69) is 10.6 Å². The lowest BCUT2D eigenvalue weighted by Gasteiger charge is -2.25. The summed E-state index contributed by atoms with van der Waals surface area (Å²) in [5, 5.41) is 6.23. The fourth-order valence-corrected chi connectivity index (χ4v) is 3.39. The van der Waals surface area contributed by atoms with Crippen LogP contribution in [0, 0.1) is 0 Å². The van der Waals surface area contributed by atoms with Gasteiger partial charge in [-0.1, -0.05) is 54.1 Å². The highest BCUT2D eigenvalue weighted by Crippen LogP contribution is 2.33. The van der Waals surface area contributed by atoms with Crippen molar-refractivity contribution in [1.29, 1.82) is 0 Å². The van der Waals surface area contributed by atoms with Gasteiger partial charge >= 0.3 is 6.03 Å². The minimum atomic E-state index is -0.464. The van der Waals surface area contributed by atoms with Gasteiger partial charge in [-0.15, -0.1) is 0 Å². The van der Waals surface area contributed by atoms with Gasteiger partial charge < -0.3 is 15.5 Å². The van der Waals surface area contributed by atoms with Gasteiger partial charge in [-0.2, -0.15) is 0 Å². The molecule has 0 aliphatic carbocycles. The second-order valence-corrected chi connectivity index (χ2v) is 6.56. The Morgan fingerprint density at radius 3 is 2.48 bits per heavy atom. The summed E-state index contributed by atoms with van der Waals surface area (Å²) in [6, 6.07) is 16.2. The maximum atomic E-state index is 13.0. The van der Waals surface area contributed by atoms with Crippen molar-refractivity contribution in [3.05, 3.63) is 82.0 Å². The molecule has 0 unspecified atom stereocenters. The number of hydrogen-bond donors (Lipinski definition) is 2. The number of amides is 3. The molecule has 2 aliphatic rings. The smallest absolute Gasteiger partial charge is 0.319 e. The molecule has 0 aromatic heterocycles. The molecule has 5 nitrogen and oxygen atoms in total. The zero-order valence-electron chi connectivity index (χ0n) is 13.3. The van der Waals surface area contributed by atoms with Gasteiger partial charge in [-0.3, -0.25) is 4.79 Å². The van der Waals surface area contributed by atoms with Gasteiger partial charge in [0.25, 0.3) is 5.91 Å². The van der Waals surface area contributed by atoms with E-state index in [-0.39, 0.29) is 11.9 Å². The lowest BCUT2D eigenvalue weighted by atomic mass is 9.96. The molecule has 25 heavy (non-hydrogen) atoms. The molecule has 0 saturated carbocycles. The van der Waals surface area contributed by atoms with E-state index >= 15 is 0 Å². The molecular weight excluding hydrogens is 338 g/mol. The number of nitrogens with one attached hydrogen (secondary N) is 2. The van der Waals surface area contributed by atoms with Gasteiger partial charge in [0.15, 0.2) is 0 Å². The van der Waals surface area contributed by atoms with Crippen LogP contribution >= 0.6 is 11.6 Å². The summed E-state index contributed by atoms with van der Waals surface area (Å²) >= 11 is 5.95. The van der Waals surface area contributed by atoms with Crippen molar-refractivity contribution in [2.45, 2.75) is 12.6 Å². The summed E-state index contributed by atoms with van der Waals surface area (Å²) in [6.07, 6.45) is 0. The maximum Gasteiger partial charge on any atom is 0.319 e. The third-order valence-electron chi connectivity index (χ3n) is 4.44. The first-order valence-electron chi connectivity index (χ1n) is 8.01. The van der Waals surface area contributed by atoms with Crippen LogP contribution in [0.4, 0.5) is 4.79 Å². The highest BCUT2D eigenvalue weighted by Gasteiger charge is 2.40. The summed E-state index contributed by atoms with van der Waals surface area (Å²) in [5.41, 5.74) is 3.15. The Morgan fingerprint density at radius 2 is 1.76 bits per heavy atom. The van der Waals surface area contributed by atoms with Crippen LogP contribution in [0.1, 0.15) is 17.2 Å². The molecule has 2 aromatic carbocycles. The average Bonchev–Trinajstić information content (AvgIpc) is 2.91. The molecule has 2 heterocycles. The summed E-state index contributed by atoms with van der Waals surface area (Å²) in [4.78, 5) is 26.7. The van der Waals surface area contributed by atoms with E-state index in [4.69, 9.17) is 11.6 Å². The quantitative estimate of drug-likeness (QED) is 0.891. The second-order valence-electron chi connectivity index (χ2n) is 6.12. The average molecular weight is 354 g/mol. The van der Waals surface area contributed by atoms with Gasteiger partial charge in [0.2, 0.25) is 0 Å². The van der Waals surface area contributed by atoms with E-state index < -0.39 is 6.04 Å². The van der Waals surface area contributed by atoms with Crippen molar-refractivity contribution >= 4 is 23.5 Å². The lowest BCUT2D eigenvalue weighted by Crippen LogP contribution is -2.44. The van der Waals surface area contributed by atoms with E-state index in [1.54, 1.807) is 17.0 Å². The van der Waals surface area contributed by atoms with E-state index in [9.17, 15) is 9.59 Å². The molecule has 2 aromatic rings. The first kappa shape index (κ1) is 15.7. The molecular formula is C19H16ClN3O2.